The lowest BCUT2D eigenvalue weighted by Crippen LogP contribution is -2.25. The molecule has 5 nitrogen and oxygen atoms in total. The lowest BCUT2D eigenvalue weighted by Gasteiger charge is -2.14. The molecule has 1 aromatic heterocycles. The number of aliphatic hydroxyl groups excluding tert-OH is 1. The summed E-state index contributed by atoms with van der Waals surface area (Å²) in [5.41, 5.74) is 0.625. The molecule has 1 fully saturated rings. The van der Waals surface area contributed by atoms with E-state index in [1.165, 1.54) is 12.4 Å². The standard InChI is InChI=1S/C9H10ClN3O2/c10-9-11-2-7(3-12-9)13-4-6(5-14)1-8(13)15/h2-3,6,14H,1,4-5H2. The van der Waals surface area contributed by atoms with Crippen molar-refractivity contribution in [1.82, 2.24) is 9.97 Å². The van der Waals surface area contributed by atoms with Crippen LogP contribution in [0.1, 0.15) is 6.42 Å². The third kappa shape index (κ3) is 2.08. The number of rotatable bonds is 2. The molecule has 6 heteroatoms. The van der Waals surface area contributed by atoms with E-state index in [4.69, 9.17) is 16.7 Å². The first-order chi connectivity index (χ1) is 7.20. The van der Waals surface area contributed by atoms with Crippen LogP contribution in [0.5, 0.6) is 0 Å². The summed E-state index contributed by atoms with van der Waals surface area (Å²) >= 11 is 5.55. The van der Waals surface area contributed by atoms with Crippen molar-refractivity contribution in [2.75, 3.05) is 18.1 Å². The predicted octanol–water partition coefficient (Wildman–Crippen LogP) is 0.475. The molecule has 0 spiro atoms. The number of nitrogens with zero attached hydrogens (tertiary/aromatic N) is 3. The van der Waals surface area contributed by atoms with E-state index in [1.807, 2.05) is 0 Å². The second-order valence-corrected chi connectivity index (χ2v) is 3.81. The van der Waals surface area contributed by atoms with Crippen LogP contribution in [0.4, 0.5) is 5.69 Å². The SMILES string of the molecule is O=C1CC(CO)CN1c1cnc(Cl)nc1. The highest BCUT2D eigenvalue weighted by Crippen LogP contribution is 2.23. The number of carbonyl (C=O) groups is 1. The molecule has 1 N–H and O–H groups in total. The van der Waals surface area contributed by atoms with Crippen molar-refractivity contribution in [2.24, 2.45) is 5.92 Å². The molecule has 0 aliphatic carbocycles. The second-order valence-electron chi connectivity index (χ2n) is 3.47. The van der Waals surface area contributed by atoms with Crippen LogP contribution in [0.15, 0.2) is 12.4 Å². The van der Waals surface area contributed by atoms with Gasteiger partial charge in [-0.05, 0) is 11.6 Å². The lowest BCUT2D eigenvalue weighted by atomic mass is 10.1. The summed E-state index contributed by atoms with van der Waals surface area (Å²) in [7, 11) is 0. The lowest BCUT2D eigenvalue weighted by molar-refractivity contribution is -0.117. The molecule has 80 valence electrons. The van der Waals surface area contributed by atoms with Gasteiger partial charge in [0.05, 0.1) is 18.1 Å². The Kier molecular flexibility index (Phi) is 2.83. The van der Waals surface area contributed by atoms with Gasteiger partial charge in [-0.1, -0.05) is 0 Å². The first-order valence-electron chi connectivity index (χ1n) is 4.59. The van der Waals surface area contributed by atoms with Crippen LogP contribution in [-0.2, 0) is 4.79 Å². The quantitative estimate of drug-likeness (QED) is 0.747. The highest BCUT2D eigenvalue weighted by Gasteiger charge is 2.30. The fourth-order valence-electron chi connectivity index (χ4n) is 1.60. The first-order valence-corrected chi connectivity index (χ1v) is 4.97. The zero-order chi connectivity index (χ0) is 10.8. The van der Waals surface area contributed by atoms with Gasteiger partial charge in [-0.2, -0.15) is 0 Å². The Balaban J connectivity index is 2.18. The molecule has 1 aromatic rings. The molecule has 0 bridgehead atoms. The summed E-state index contributed by atoms with van der Waals surface area (Å²) in [4.78, 5) is 20.7. The summed E-state index contributed by atoms with van der Waals surface area (Å²) in [6, 6.07) is 0. The number of anilines is 1. The topological polar surface area (TPSA) is 66.3 Å². The largest absolute Gasteiger partial charge is 0.396 e. The van der Waals surface area contributed by atoms with Crippen molar-refractivity contribution in [1.29, 1.82) is 0 Å². The van der Waals surface area contributed by atoms with E-state index in [1.54, 1.807) is 4.90 Å². The number of hydrogen-bond acceptors (Lipinski definition) is 4. The smallest absolute Gasteiger partial charge is 0.227 e. The average Bonchev–Trinajstić information content (AvgIpc) is 2.61. The van der Waals surface area contributed by atoms with E-state index in [2.05, 4.69) is 9.97 Å². The van der Waals surface area contributed by atoms with Crippen molar-refractivity contribution < 1.29 is 9.90 Å². The maximum Gasteiger partial charge on any atom is 0.227 e. The fraction of sp³-hybridized carbons (Fsp3) is 0.444. The van der Waals surface area contributed by atoms with E-state index in [9.17, 15) is 4.79 Å². The van der Waals surface area contributed by atoms with Crippen LogP contribution in [0.3, 0.4) is 0 Å². The molecular formula is C9H10ClN3O2. The minimum atomic E-state index is -0.0139. The first kappa shape index (κ1) is 10.3. The molecule has 1 aliphatic heterocycles. The van der Waals surface area contributed by atoms with Gasteiger partial charge in [0, 0.05) is 25.5 Å². The number of aliphatic hydroxyl groups is 1. The van der Waals surface area contributed by atoms with Crippen LogP contribution >= 0.6 is 11.6 Å². The van der Waals surface area contributed by atoms with Gasteiger partial charge in [0.25, 0.3) is 0 Å². The van der Waals surface area contributed by atoms with Gasteiger partial charge in [-0.15, -0.1) is 0 Å². The Hall–Kier alpha value is -1.20. The molecule has 0 radical (unpaired) electrons. The molecule has 1 saturated heterocycles. The summed E-state index contributed by atoms with van der Waals surface area (Å²) in [6.45, 7) is 0.539. The Morgan fingerprint density at radius 1 is 1.53 bits per heavy atom. The number of hydrogen-bond donors (Lipinski definition) is 1. The second kappa shape index (κ2) is 4.12. The third-order valence-electron chi connectivity index (χ3n) is 2.38. The van der Waals surface area contributed by atoms with Crippen LogP contribution in [0.25, 0.3) is 0 Å². The van der Waals surface area contributed by atoms with Gasteiger partial charge in [-0.3, -0.25) is 4.79 Å². The van der Waals surface area contributed by atoms with Crippen molar-refractivity contribution >= 4 is 23.2 Å². The predicted molar refractivity (Wildman–Crippen MR) is 54.6 cm³/mol. The number of aromatic nitrogens is 2. The van der Waals surface area contributed by atoms with Gasteiger partial charge >= 0.3 is 0 Å². The van der Waals surface area contributed by atoms with E-state index in [0.29, 0.717) is 18.7 Å². The molecule has 0 saturated carbocycles. The molecule has 0 aromatic carbocycles. The zero-order valence-corrected chi connectivity index (χ0v) is 8.68. The van der Waals surface area contributed by atoms with Crippen LogP contribution in [-0.4, -0.2) is 34.1 Å². The van der Waals surface area contributed by atoms with E-state index >= 15 is 0 Å². The molecule has 15 heavy (non-hydrogen) atoms. The van der Waals surface area contributed by atoms with E-state index in [-0.39, 0.29) is 23.7 Å². The Bertz CT molecular complexity index is 368. The highest BCUT2D eigenvalue weighted by molar-refractivity contribution is 6.28. The van der Waals surface area contributed by atoms with Crippen LogP contribution < -0.4 is 4.90 Å². The number of carbonyl (C=O) groups excluding carboxylic acids is 1. The molecule has 1 aliphatic rings. The molecule has 1 amide bonds. The van der Waals surface area contributed by atoms with Gasteiger partial charge < -0.3 is 10.0 Å². The monoisotopic (exact) mass is 227 g/mol. The van der Waals surface area contributed by atoms with Gasteiger partial charge in [0.2, 0.25) is 11.2 Å². The summed E-state index contributed by atoms with van der Waals surface area (Å²) in [6.07, 6.45) is 3.39. The highest BCUT2D eigenvalue weighted by atomic mass is 35.5. The molecule has 1 atom stereocenters. The third-order valence-corrected chi connectivity index (χ3v) is 2.58. The maximum absolute atomic E-state index is 11.6. The fourth-order valence-corrected chi connectivity index (χ4v) is 1.70. The molecular weight excluding hydrogens is 218 g/mol. The Labute approximate surface area is 91.7 Å². The van der Waals surface area contributed by atoms with Crippen molar-refractivity contribution in [3.8, 4) is 0 Å². The summed E-state index contributed by atoms with van der Waals surface area (Å²) < 4.78 is 0. The molecule has 1 unspecified atom stereocenters. The number of amides is 1. The minimum Gasteiger partial charge on any atom is -0.396 e. The van der Waals surface area contributed by atoms with Crippen LogP contribution in [0.2, 0.25) is 5.28 Å². The normalized spacial score (nSPS) is 21.1. The Morgan fingerprint density at radius 2 is 2.20 bits per heavy atom. The van der Waals surface area contributed by atoms with Crippen molar-refractivity contribution in [3.05, 3.63) is 17.7 Å². The van der Waals surface area contributed by atoms with Crippen molar-refractivity contribution in [2.45, 2.75) is 6.42 Å². The molecule has 2 heterocycles. The van der Waals surface area contributed by atoms with Crippen molar-refractivity contribution in [3.63, 3.8) is 0 Å². The van der Waals surface area contributed by atoms with E-state index < -0.39 is 0 Å². The maximum atomic E-state index is 11.6. The summed E-state index contributed by atoms with van der Waals surface area (Å²) in [5, 5.41) is 9.12. The van der Waals surface area contributed by atoms with Crippen LogP contribution in [0, 0.1) is 5.92 Å². The average molecular weight is 228 g/mol. The van der Waals surface area contributed by atoms with Gasteiger partial charge in [0.1, 0.15) is 0 Å². The number of halogens is 1. The summed E-state index contributed by atoms with van der Waals surface area (Å²) in [5.74, 6) is -0.00634. The minimum absolute atomic E-state index is 0.00757. The van der Waals surface area contributed by atoms with E-state index in [0.717, 1.165) is 0 Å². The Morgan fingerprint density at radius 3 is 2.73 bits per heavy atom. The zero-order valence-electron chi connectivity index (χ0n) is 7.93. The van der Waals surface area contributed by atoms with Gasteiger partial charge in [0.15, 0.2) is 0 Å². The van der Waals surface area contributed by atoms with Gasteiger partial charge in [-0.25, -0.2) is 9.97 Å². The molecule has 2 rings (SSSR count).